The number of carbonyl (C=O) groups excluding carboxylic acids is 1. The lowest BCUT2D eigenvalue weighted by atomic mass is 9.95. The van der Waals surface area contributed by atoms with Crippen LogP contribution >= 0.6 is 0 Å². The van der Waals surface area contributed by atoms with E-state index in [1.807, 2.05) is 34.6 Å². The smallest absolute Gasteiger partial charge is 0.253 e. The summed E-state index contributed by atoms with van der Waals surface area (Å²) in [5, 5.41) is 8.88. The standard InChI is InChI=1S/C24H25FN4O/c1-28-21-11-10-16(12-17(21)13-26-28)14-29-15-19(23-20(25)8-5-9-22(23)29)24(30)27-18-6-3-2-4-7-18/h5,8-13,15,18H,2-4,6-7,14H2,1H3,(H,27,30). The number of amides is 1. The first-order chi connectivity index (χ1) is 14.6. The number of aryl methyl sites for hydroxylation is 1. The molecule has 0 atom stereocenters. The minimum absolute atomic E-state index is 0.182. The largest absolute Gasteiger partial charge is 0.349 e. The number of hydrogen-bond acceptors (Lipinski definition) is 2. The Morgan fingerprint density at radius 3 is 2.83 bits per heavy atom. The van der Waals surface area contributed by atoms with Crippen molar-refractivity contribution in [1.82, 2.24) is 19.7 Å². The maximum atomic E-state index is 14.7. The lowest BCUT2D eigenvalue weighted by molar-refractivity contribution is 0.0929. The van der Waals surface area contributed by atoms with Crippen molar-refractivity contribution in [1.29, 1.82) is 0 Å². The molecule has 154 valence electrons. The van der Waals surface area contributed by atoms with Gasteiger partial charge in [0.15, 0.2) is 0 Å². The van der Waals surface area contributed by atoms with Crippen LogP contribution in [0.1, 0.15) is 48.0 Å². The van der Waals surface area contributed by atoms with Crippen molar-refractivity contribution in [2.45, 2.75) is 44.7 Å². The zero-order chi connectivity index (χ0) is 20.7. The molecule has 5 nitrogen and oxygen atoms in total. The van der Waals surface area contributed by atoms with E-state index < -0.39 is 0 Å². The Kier molecular flexibility index (Phi) is 4.77. The third kappa shape index (κ3) is 3.36. The van der Waals surface area contributed by atoms with Gasteiger partial charge in [-0.05, 0) is 42.7 Å². The number of hydrogen-bond donors (Lipinski definition) is 1. The first-order valence-electron chi connectivity index (χ1n) is 10.6. The van der Waals surface area contributed by atoms with Crippen molar-refractivity contribution < 1.29 is 9.18 Å². The van der Waals surface area contributed by atoms with E-state index >= 15 is 0 Å². The summed E-state index contributed by atoms with van der Waals surface area (Å²) in [5.74, 6) is -0.541. The van der Waals surface area contributed by atoms with Crippen molar-refractivity contribution in [2.75, 3.05) is 0 Å². The Balaban J connectivity index is 1.50. The number of aromatic nitrogens is 3. The number of halogens is 1. The summed E-state index contributed by atoms with van der Waals surface area (Å²) in [5.41, 5.74) is 3.29. The van der Waals surface area contributed by atoms with Crippen molar-refractivity contribution in [3.05, 3.63) is 65.7 Å². The molecule has 0 aliphatic heterocycles. The minimum atomic E-state index is -0.359. The zero-order valence-corrected chi connectivity index (χ0v) is 17.1. The first kappa shape index (κ1) is 18.9. The van der Waals surface area contributed by atoms with Crippen LogP contribution in [0.25, 0.3) is 21.8 Å². The molecule has 2 aromatic heterocycles. The van der Waals surface area contributed by atoms with Crippen LogP contribution in [0.2, 0.25) is 0 Å². The number of nitrogens with one attached hydrogen (secondary N) is 1. The van der Waals surface area contributed by atoms with Gasteiger partial charge in [-0.1, -0.05) is 31.4 Å². The fraction of sp³-hybridized carbons (Fsp3) is 0.333. The summed E-state index contributed by atoms with van der Waals surface area (Å²) in [7, 11) is 1.92. The first-order valence-corrected chi connectivity index (χ1v) is 10.6. The number of nitrogens with zero attached hydrogens (tertiary/aromatic N) is 3. The van der Waals surface area contributed by atoms with E-state index in [-0.39, 0.29) is 17.8 Å². The SMILES string of the molecule is Cn1ncc2cc(Cn3cc(C(=O)NC4CCCCC4)c4c(F)cccc43)ccc21. The Bertz CT molecular complexity index is 1230. The van der Waals surface area contributed by atoms with Gasteiger partial charge in [-0.15, -0.1) is 0 Å². The van der Waals surface area contributed by atoms with Gasteiger partial charge < -0.3 is 9.88 Å². The van der Waals surface area contributed by atoms with Crippen LogP contribution in [0, 0.1) is 5.82 Å². The summed E-state index contributed by atoms with van der Waals surface area (Å²) in [6, 6.07) is 11.4. The highest BCUT2D eigenvalue weighted by Crippen LogP contribution is 2.27. The quantitative estimate of drug-likeness (QED) is 0.532. The van der Waals surface area contributed by atoms with Gasteiger partial charge >= 0.3 is 0 Å². The number of fused-ring (bicyclic) bond motifs is 2. The van der Waals surface area contributed by atoms with E-state index in [1.54, 1.807) is 12.3 Å². The second-order valence-electron chi connectivity index (χ2n) is 8.27. The average Bonchev–Trinajstić information content (AvgIpc) is 3.31. The van der Waals surface area contributed by atoms with Crippen LogP contribution < -0.4 is 5.32 Å². The van der Waals surface area contributed by atoms with E-state index in [2.05, 4.69) is 22.5 Å². The van der Waals surface area contributed by atoms with E-state index in [1.165, 1.54) is 12.5 Å². The fourth-order valence-electron chi connectivity index (χ4n) is 4.63. The molecule has 2 heterocycles. The molecule has 0 saturated heterocycles. The van der Waals surface area contributed by atoms with Crippen LogP contribution in [0.3, 0.4) is 0 Å². The molecule has 1 aliphatic carbocycles. The molecular formula is C24H25FN4O. The number of carbonyl (C=O) groups is 1. The third-order valence-electron chi connectivity index (χ3n) is 6.20. The molecule has 6 heteroatoms. The third-order valence-corrected chi connectivity index (χ3v) is 6.20. The maximum Gasteiger partial charge on any atom is 0.253 e. The molecule has 0 bridgehead atoms. The van der Waals surface area contributed by atoms with Gasteiger partial charge in [-0.25, -0.2) is 4.39 Å². The van der Waals surface area contributed by atoms with Gasteiger partial charge in [0.1, 0.15) is 5.82 Å². The molecule has 0 radical (unpaired) electrons. The normalized spacial score (nSPS) is 15.1. The summed E-state index contributed by atoms with van der Waals surface area (Å²) < 4.78 is 18.5. The second-order valence-corrected chi connectivity index (χ2v) is 8.27. The average molecular weight is 404 g/mol. The molecule has 1 amide bonds. The van der Waals surface area contributed by atoms with Crippen LogP contribution in [0.15, 0.2) is 48.8 Å². The second kappa shape index (κ2) is 7.59. The predicted molar refractivity (Wildman–Crippen MR) is 116 cm³/mol. The topological polar surface area (TPSA) is 51.9 Å². The zero-order valence-electron chi connectivity index (χ0n) is 17.1. The van der Waals surface area contributed by atoms with Gasteiger partial charge in [0, 0.05) is 36.6 Å². The Labute approximate surface area is 174 Å². The van der Waals surface area contributed by atoms with Gasteiger partial charge in [-0.2, -0.15) is 5.10 Å². The maximum absolute atomic E-state index is 14.7. The summed E-state index contributed by atoms with van der Waals surface area (Å²) >= 11 is 0. The Morgan fingerprint density at radius 2 is 2.00 bits per heavy atom. The molecule has 4 aromatic rings. The summed E-state index contributed by atoms with van der Waals surface area (Å²) in [6.45, 7) is 0.557. The monoisotopic (exact) mass is 404 g/mol. The van der Waals surface area contributed by atoms with E-state index in [0.717, 1.165) is 47.7 Å². The minimum Gasteiger partial charge on any atom is -0.349 e. The number of rotatable bonds is 4. The molecule has 2 aromatic carbocycles. The Morgan fingerprint density at radius 1 is 1.17 bits per heavy atom. The van der Waals surface area contributed by atoms with Crippen molar-refractivity contribution in [2.24, 2.45) is 7.05 Å². The van der Waals surface area contributed by atoms with E-state index in [9.17, 15) is 9.18 Å². The Hall–Kier alpha value is -3.15. The van der Waals surface area contributed by atoms with Crippen LogP contribution in [0.4, 0.5) is 4.39 Å². The molecule has 0 unspecified atom stereocenters. The van der Waals surface area contributed by atoms with Crippen LogP contribution in [-0.4, -0.2) is 26.3 Å². The number of benzene rings is 2. The van der Waals surface area contributed by atoms with Gasteiger partial charge in [0.25, 0.3) is 5.91 Å². The van der Waals surface area contributed by atoms with Crippen molar-refractivity contribution in [3.63, 3.8) is 0 Å². The molecule has 1 aliphatic rings. The van der Waals surface area contributed by atoms with Crippen molar-refractivity contribution >= 4 is 27.7 Å². The van der Waals surface area contributed by atoms with E-state index in [4.69, 9.17) is 0 Å². The molecule has 0 spiro atoms. The lowest BCUT2D eigenvalue weighted by Gasteiger charge is -2.22. The molecule has 5 rings (SSSR count). The highest BCUT2D eigenvalue weighted by Gasteiger charge is 2.22. The van der Waals surface area contributed by atoms with Gasteiger partial charge in [0.2, 0.25) is 0 Å². The highest BCUT2D eigenvalue weighted by atomic mass is 19.1. The van der Waals surface area contributed by atoms with Crippen LogP contribution in [-0.2, 0) is 13.6 Å². The lowest BCUT2D eigenvalue weighted by Crippen LogP contribution is -2.36. The predicted octanol–water partition coefficient (Wildman–Crippen LogP) is 4.78. The molecule has 1 N–H and O–H groups in total. The highest BCUT2D eigenvalue weighted by molar-refractivity contribution is 6.07. The summed E-state index contributed by atoms with van der Waals surface area (Å²) in [4.78, 5) is 13.0. The van der Waals surface area contributed by atoms with Gasteiger partial charge in [0.05, 0.1) is 22.8 Å². The summed E-state index contributed by atoms with van der Waals surface area (Å²) in [6.07, 6.45) is 9.13. The molecule has 30 heavy (non-hydrogen) atoms. The van der Waals surface area contributed by atoms with Crippen molar-refractivity contribution in [3.8, 4) is 0 Å². The molecule has 1 saturated carbocycles. The van der Waals surface area contributed by atoms with E-state index in [0.29, 0.717) is 17.5 Å². The molecule has 1 fully saturated rings. The van der Waals surface area contributed by atoms with Crippen LogP contribution in [0.5, 0.6) is 0 Å². The van der Waals surface area contributed by atoms with Gasteiger partial charge in [-0.3, -0.25) is 9.48 Å². The molecular weight excluding hydrogens is 379 g/mol. The fourth-order valence-corrected chi connectivity index (χ4v) is 4.63.